The predicted octanol–water partition coefficient (Wildman–Crippen LogP) is 5.70. The maximum atomic E-state index is 13.3. The van der Waals surface area contributed by atoms with Gasteiger partial charge in [-0.15, -0.1) is 0 Å². The van der Waals surface area contributed by atoms with Crippen LogP contribution in [-0.4, -0.2) is 45.6 Å². The molecule has 2 aromatic carbocycles. The third-order valence-corrected chi connectivity index (χ3v) is 12.4. The lowest BCUT2D eigenvalue weighted by Crippen LogP contribution is -2.49. The Bertz CT molecular complexity index is 1520. The van der Waals surface area contributed by atoms with Gasteiger partial charge in [0.05, 0.1) is 17.5 Å². The molecule has 1 saturated carbocycles. The normalized spacial score (nSPS) is 33.2. The number of hydrogen-bond acceptors (Lipinski definition) is 6. The number of halogens is 1. The van der Waals surface area contributed by atoms with Crippen LogP contribution in [0.1, 0.15) is 67.4 Å². The zero-order valence-electron chi connectivity index (χ0n) is 24.2. The van der Waals surface area contributed by atoms with Crippen molar-refractivity contribution in [3.63, 3.8) is 0 Å². The van der Waals surface area contributed by atoms with Crippen molar-refractivity contribution in [1.82, 2.24) is 4.72 Å². The van der Waals surface area contributed by atoms with Gasteiger partial charge < -0.3 is 14.4 Å². The molecular weight excluding hydrogens is 572 g/mol. The van der Waals surface area contributed by atoms with Crippen molar-refractivity contribution in [2.75, 3.05) is 24.6 Å². The van der Waals surface area contributed by atoms with Gasteiger partial charge in [0.2, 0.25) is 10.0 Å². The number of ether oxygens (including phenoxy) is 1. The minimum atomic E-state index is -3.92. The van der Waals surface area contributed by atoms with Crippen molar-refractivity contribution in [2.45, 2.75) is 63.0 Å². The first-order valence-electron chi connectivity index (χ1n) is 15.1. The smallest absolute Gasteiger partial charge is 0.264 e. The molecule has 0 aromatic heterocycles. The van der Waals surface area contributed by atoms with Crippen molar-refractivity contribution in [3.8, 4) is 5.75 Å². The number of nitrogens with one attached hydrogen (secondary N) is 1. The standard InChI is InChI=1S/C33H39ClN2O5S/c1-21-5-3-6-26(18-37)28-11-8-25(28)17-36-19-33(14-4-7-23-15-27(34)10-12-29(23)33)20-41-31-13-9-24(16-30(31)36)32(38)35-42(39,40)22(21)2/h3,6,9-10,12-13,15-16,18,21-22,25-26,28H,4-5,7-8,11,14,17,19-20H2,1-2H3,(H,35,38)/b6-3+/t21-,22+,25-,26?,28+,33-/m0/s1. The maximum absolute atomic E-state index is 13.3. The lowest BCUT2D eigenvalue weighted by Gasteiger charge is -2.45. The number of allylic oxidation sites excluding steroid dienone is 2. The highest BCUT2D eigenvalue weighted by molar-refractivity contribution is 7.90. The Balaban J connectivity index is 1.43. The van der Waals surface area contributed by atoms with E-state index in [0.717, 1.165) is 55.6 Å². The summed E-state index contributed by atoms with van der Waals surface area (Å²) in [5.41, 5.74) is 3.30. The summed E-state index contributed by atoms with van der Waals surface area (Å²) in [6, 6.07) is 11.4. The van der Waals surface area contributed by atoms with Gasteiger partial charge in [-0.3, -0.25) is 4.79 Å². The van der Waals surface area contributed by atoms with Gasteiger partial charge in [0.1, 0.15) is 12.0 Å². The van der Waals surface area contributed by atoms with Crippen molar-refractivity contribution < 1.29 is 22.7 Å². The van der Waals surface area contributed by atoms with Crippen LogP contribution in [-0.2, 0) is 26.7 Å². The molecule has 6 rings (SSSR count). The van der Waals surface area contributed by atoms with Gasteiger partial charge in [-0.25, -0.2) is 13.1 Å². The monoisotopic (exact) mass is 610 g/mol. The Hall–Kier alpha value is -2.84. The van der Waals surface area contributed by atoms with E-state index in [2.05, 4.69) is 21.8 Å². The molecule has 1 fully saturated rings. The van der Waals surface area contributed by atoms with Gasteiger partial charge in [0.15, 0.2) is 0 Å². The van der Waals surface area contributed by atoms with E-state index in [1.165, 1.54) is 11.1 Å². The molecule has 1 unspecified atom stereocenters. The summed E-state index contributed by atoms with van der Waals surface area (Å²) in [6.07, 6.45) is 10.4. The molecule has 2 aliphatic heterocycles. The van der Waals surface area contributed by atoms with Crippen LogP contribution in [0.5, 0.6) is 5.75 Å². The quantitative estimate of drug-likeness (QED) is 0.329. The Morgan fingerprint density at radius 1 is 1.14 bits per heavy atom. The second-order valence-electron chi connectivity index (χ2n) is 12.8. The molecule has 0 radical (unpaired) electrons. The summed E-state index contributed by atoms with van der Waals surface area (Å²) < 4.78 is 35.2. The number of amides is 1. The van der Waals surface area contributed by atoms with Gasteiger partial charge in [0.25, 0.3) is 5.91 Å². The van der Waals surface area contributed by atoms with Crippen LogP contribution in [0.25, 0.3) is 0 Å². The van der Waals surface area contributed by atoms with Gasteiger partial charge in [-0.2, -0.15) is 0 Å². The highest BCUT2D eigenvalue weighted by Gasteiger charge is 2.44. The second kappa shape index (κ2) is 11.3. The van der Waals surface area contributed by atoms with Gasteiger partial charge in [0, 0.05) is 35.0 Å². The summed E-state index contributed by atoms with van der Waals surface area (Å²) in [7, 11) is -3.92. The van der Waals surface area contributed by atoms with E-state index in [4.69, 9.17) is 16.3 Å². The fourth-order valence-corrected chi connectivity index (χ4v) is 8.86. The Morgan fingerprint density at radius 2 is 1.98 bits per heavy atom. The van der Waals surface area contributed by atoms with Crippen LogP contribution in [0.3, 0.4) is 0 Å². The van der Waals surface area contributed by atoms with E-state index in [9.17, 15) is 18.0 Å². The molecule has 4 aliphatic rings. The van der Waals surface area contributed by atoms with Crippen LogP contribution in [0.2, 0.25) is 5.02 Å². The number of sulfonamides is 1. The summed E-state index contributed by atoms with van der Waals surface area (Å²) in [5, 5.41) is -0.0567. The summed E-state index contributed by atoms with van der Waals surface area (Å²) >= 11 is 6.39. The zero-order valence-corrected chi connectivity index (χ0v) is 25.8. The minimum absolute atomic E-state index is 0.212. The lowest BCUT2D eigenvalue weighted by molar-refractivity contribution is -0.112. The van der Waals surface area contributed by atoms with Crippen LogP contribution in [0.4, 0.5) is 5.69 Å². The first kappa shape index (κ1) is 29.2. The van der Waals surface area contributed by atoms with E-state index in [1.807, 2.05) is 25.1 Å². The Kier molecular flexibility index (Phi) is 7.90. The largest absolute Gasteiger partial charge is 0.490 e. The predicted molar refractivity (Wildman–Crippen MR) is 165 cm³/mol. The molecule has 2 heterocycles. The van der Waals surface area contributed by atoms with Crippen molar-refractivity contribution in [2.24, 2.45) is 23.7 Å². The van der Waals surface area contributed by atoms with Crippen LogP contribution >= 0.6 is 11.6 Å². The number of anilines is 1. The Labute approximate surface area is 253 Å². The third kappa shape index (κ3) is 5.37. The molecule has 224 valence electrons. The highest BCUT2D eigenvalue weighted by atomic mass is 35.5. The van der Waals surface area contributed by atoms with E-state index in [-0.39, 0.29) is 28.7 Å². The molecule has 6 atom stereocenters. The average Bonchev–Trinajstić information content (AvgIpc) is 3.10. The topological polar surface area (TPSA) is 92.8 Å². The van der Waals surface area contributed by atoms with Gasteiger partial charge in [-0.1, -0.05) is 36.7 Å². The molecule has 9 heteroatoms. The number of aldehydes is 1. The molecule has 7 nitrogen and oxygen atoms in total. The van der Waals surface area contributed by atoms with Crippen molar-refractivity contribution >= 4 is 39.5 Å². The average molecular weight is 611 g/mol. The summed E-state index contributed by atoms with van der Waals surface area (Å²) in [4.78, 5) is 27.9. The molecule has 1 N–H and O–H groups in total. The SMILES string of the molecule is C[C@@H]1[C@@H](C)C/C=C/C(C=O)[C@@H]2CC[C@H]2CN2C[C@@]3(CCCc4cc(Cl)ccc43)COc3ccc(cc32)C(=O)NS1(=O)=O. The van der Waals surface area contributed by atoms with Crippen LogP contribution in [0.15, 0.2) is 48.6 Å². The van der Waals surface area contributed by atoms with Crippen molar-refractivity contribution in [1.29, 1.82) is 0 Å². The van der Waals surface area contributed by atoms with Crippen LogP contribution in [0, 0.1) is 23.7 Å². The number of carbonyl (C=O) groups is 2. The van der Waals surface area contributed by atoms with E-state index < -0.39 is 21.2 Å². The number of nitrogens with zero attached hydrogens (tertiary/aromatic N) is 1. The summed E-state index contributed by atoms with van der Waals surface area (Å²) in [6.45, 7) is 5.39. The van der Waals surface area contributed by atoms with Gasteiger partial charge >= 0.3 is 0 Å². The molecule has 1 spiro atoms. The molecule has 42 heavy (non-hydrogen) atoms. The molecule has 2 aromatic rings. The third-order valence-electron chi connectivity index (χ3n) is 10.3. The second-order valence-corrected chi connectivity index (χ2v) is 15.3. The van der Waals surface area contributed by atoms with E-state index >= 15 is 0 Å². The molecule has 2 bridgehead atoms. The number of fused-ring (bicyclic) bond motifs is 4. The van der Waals surface area contributed by atoms with Crippen LogP contribution < -0.4 is 14.4 Å². The van der Waals surface area contributed by atoms with Crippen molar-refractivity contribution in [3.05, 3.63) is 70.3 Å². The maximum Gasteiger partial charge on any atom is 0.264 e. The van der Waals surface area contributed by atoms with E-state index in [1.54, 1.807) is 25.1 Å². The summed E-state index contributed by atoms with van der Waals surface area (Å²) in [5.74, 6) is 0.121. The van der Waals surface area contributed by atoms with Gasteiger partial charge in [-0.05, 0) is 105 Å². The zero-order chi connectivity index (χ0) is 29.6. The number of benzene rings is 2. The molecule has 1 amide bonds. The lowest BCUT2D eigenvalue weighted by atomic mass is 9.66. The molecule has 2 aliphatic carbocycles. The Morgan fingerprint density at radius 3 is 2.74 bits per heavy atom. The fraction of sp³-hybridized carbons (Fsp3) is 0.515. The number of aryl methyl sites for hydroxylation is 1. The minimum Gasteiger partial charge on any atom is -0.490 e. The number of carbonyl (C=O) groups excluding carboxylic acids is 2. The molecule has 0 saturated heterocycles. The van der Waals surface area contributed by atoms with E-state index in [0.29, 0.717) is 31.2 Å². The highest BCUT2D eigenvalue weighted by Crippen LogP contribution is 2.47. The first-order chi connectivity index (χ1) is 20.1. The molecular formula is C33H39ClN2O5S. The number of rotatable bonds is 1. The fourth-order valence-electron chi connectivity index (χ4n) is 7.38. The number of hydrogen-bond donors (Lipinski definition) is 1. The first-order valence-corrected chi connectivity index (χ1v) is 17.0.